The number of nitrogens with one attached hydrogen (secondary N) is 1. The second-order valence-electron chi connectivity index (χ2n) is 7.17. The van der Waals surface area contributed by atoms with Crippen molar-refractivity contribution in [2.75, 3.05) is 12.0 Å². The fraction of sp³-hybridized carbons (Fsp3) is 0.368. The van der Waals surface area contributed by atoms with Crippen molar-refractivity contribution in [1.82, 2.24) is 19.4 Å². The van der Waals surface area contributed by atoms with Gasteiger partial charge in [-0.25, -0.2) is 14.3 Å². The van der Waals surface area contributed by atoms with Crippen LogP contribution in [0.2, 0.25) is 0 Å². The summed E-state index contributed by atoms with van der Waals surface area (Å²) in [4.78, 5) is 29.2. The maximum Gasteiger partial charge on any atom is 0.283 e. The number of hydrogen-bond donors (Lipinski definition) is 1. The monoisotopic (exact) mass is 369 g/mol. The van der Waals surface area contributed by atoms with Gasteiger partial charge in [-0.15, -0.1) is 0 Å². The number of aromatic nitrogens is 4. The molecule has 2 aromatic heterocycles. The Morgan fingerprint density at radius 2 is 1.93 bits per heavy atom. The zero-order chi connectivity index (χ0) is 19.6. The molecule has 2 heterocycles. The number of amides is 1. The predicted molar refractivity (Wildman–Crippen MR) is 102 cm³/mol. The summed E-state index contributed by atoms with van der Waals surface area (Å²) in [5, 5.41) is 4.61. The van der Waals surface area contributed by atoms with Gasteiger partial charge in [0.2, 0.25) is 5.91 Å². The first-order chi connectivity index (χ1) is 12.8. The molecule has 27 heavy (non-hydrogen) atoms. The van der Waals surface area contributed by atoms with Crippen molar-refractivity contribution in [3.8, 4) is 5.75 Å². The molecule has 0 fully saturated rings. The largest absolute Gasteiger partial charge is 0.494 e. The summed E-state index contributed by atoms with van der Waals surface area (Å²) in [5.74, 6) is 0.439. The summed E-state index contributed by atoms with van der Waals surface area (Å²) in [6.07, 6.45) is 2.92. The summed E-state index contributed by atoms with van der Waals surface area (Å²) in [6.45, 7) is 8.43. The number of nitrogens with zero attached hydrogens (tertiary/aromatic N) is 4. The van der Waals surface area contributed by atoms with Gasteiger partial charge in [-0.1, -0.05) is 12.1 Å². The van der Waals surface area contributed by atoms with E-state index in [1.54, 1.807) is 4.68 Å². The van der Waals surface area contributed by atoms with Crippen LogP contribution in [0, 0.1) is 0 Å². The minimum absolute atomic E-state index is 0.137. The molecule has 0 atom stereocenters. The molecule has 0 aliphatic heterocycles. The van der Waals surface area contributed by atoms with Crippen molar-refractivity contribution >= 4 is 16.9 Å². The standard InChI is InChI=1S/C19H23N5O3/c1-5-27-14-8-6-13(7-9-14)10-16(25)22-23-12-20-17-15(18(23)26)11-21-24(17)19(2,3)4/h6-9,11-12H,5,10H2,1-4H3,(H,22,25). The highest BCUT2D eigenvalue weighted by atomic mass is 16.5. The van der Waals surface area contributed by atoms with Crippen LogP contribution >= 0.6 is 0 Å². The highest BCUT2D eigenvalue weighted by Gasteiger charge is 2.20. The number of rotatable bonds is 5. The maximum atomic E-state index is 12.6. The van der Waals surface area contributed by atoms with Gasteiger partial charge in [0.05, 0.1) is 24.8 Å². The zero-order valence-corrected chi connectivity index (χ0v) is 15.9. The fourth-order valence-electron chi connectivity index (χ4n) is 2.71. The minimum Gasteiger partial charge on any atom is -0.494 e. The molecule has 1 aromatic carbocycles. The second-order valence-corrected chi connectivity index (χ2v) is 7.17. The van der Waals surface area contributed by atoms with Gasteiger partial charge in [0.1, 0.15) is 17.5 Å². The van der Waals surface area contributed by atoms with Gasteiger partial charge in [0, 0.05) is 0 Å². The van der Waals surface area contributed by atoms with Crippen LogP contribution in [0.3, 0.4) is 0 Å². The van der Waals surface area contributed by atoms with Crippen LogP contribution in [-0.2, 0) is 16.8 Å². The first-order valence-corrected chi connectivity index (χ1v) is 8.77. The van der Waals surface area contributed by atoms with E-state index in [4.69, 9.17) is 4.74 Å². The van der Waals surface area contributed by atoms with Crippen LogP contribution in [0.5, 0.6) is 5.75 Å². The minimum atomic E-state index is -0.365. The molecule has 1 amide bonds. The van der Waals surface area contributed by atoms with Gasteiger partial charge in [-0.3, -0.25) is 15.0 Å². The first-order valence-electron chi connectivity index (χ1n) is 8.77. The Hall–Kier alpha value is -3.16. The van der Waals surface area contributed by atoms with Crippen LogP contribution in [-0.4, -0.2) is 32.0 Å². The number of ether oxygens (including phenoxy) is 1. The molecule has 3 rings (SSSR count). The van der Waals surface area contributed by atoms with Crippen LogP contribution in [0.4, 0.5) is 0 Å². The third-order valence-electron chi connectivity index (χ3n) is 3.97. The molecule has 142 valence electrons. The van der Waals surface area contributed by atoms with Gasteiger partial charge in [-0.05, 0) is 45.4 Å². The number of carbonyl (C=O) groups excluding carboxylic acids is 1. The normalized spacial score (nSPS) is 11.6. The molecule has 8 heteroatoms. The molecule has 0 saturated carbocycles. The fourth-order valence-corrected chi connectivity index (χ4v) is 2.71. The summed E-state index contributed by atoms with van der Waals surface area (Å²) in [7, 11) is 0. The molecule has 0 aliphatic rings. The lowest BCUT2D eigenvalue weighted by Gasteiger charge is -2.19. The second kappa shape index (κ2) is 7.22. The van der Waals surface area contributed by atoms with Crippen LogP contribution < -0.4 is 15.7 Å². The smallest absolute Gasteiger partial charge is 0.283 e. The number of carbonyl (C=O) groups is 1. The topological polar surface area (TPSA) is 91.0 Å². The third kappa shape index (κ3) is 3.99. The molecule has 3 aromatic rings. The number of benzene rings is 1. The Morgan fingerprint density at radius 1 is 1.22 bits per heavy atom. The van der Waals surface area contributed by atoms with E-state index in [1.165, 1.54) is 12.5 Å². The average molecular weight is 369 g/mol. The van der Waals surface area contributed by atoms with E-state index in [1.807, 2.05) is 52.0 Å². The Bertz CT molecular complexity index is 1010. The van der Waals surface area contributed by atoms with E-state index >= 15 is 0 Å². The van der Waals surface area contributed by atoms with Crippen molar-refractivity contribution in [1.29, 1.82) is 0 Å². The maximum absolute atomic E-state index is 12.6. The van der Waals surface area contributed by atoms with E-state index < -0.39 is 0 Å². The van der Waals surface area contributed by atoms with Gasteiger partial charge in [0.25, 0.3) is 5.56 Å². The molecule has 1 N–H and O–H groups in total. The molecule has 0 bridgehead atoms. The molecular formula is C19H23N5O3. The highest BCUT2D eigenvalue weighted by Crippen LogP contribution is 2.17. The molecule has 0 aliphatic carbocycles. The van der Waals surface area contributed by atoms with Crippen molar-refractivity contribution in [2.45, 2.75) is 39.7 Å². The molecular weight excluding hydrogens is 346 g/mol. The Labute approximate surface area is 156 Å². The van der Waals surface area contributed by atoms with E-state index in [0.29, 0.717) is 17.6 Å². The Kier molecular flexibility index (Phi) is 4.98. The van der Waals surface area contributed by atoms with Gasteiger partial charge >= 0.3 is 0 Å². The summed E-state index contributed by atoms with van der Waals surface area (Å²) in [5.41, 5.74) is 3.21. The van der Waals surface area contributed by atoms with Crippen LogP contribution in [0.25, 0.3) is 11.0 Å². The van der Waals surface area contributed by atoms with E-state index in [9.17, 15) is 9.59 Å². The van der Waals surface area contributed by atoms with Gasteiger partial charge in [-0.2, -0.15) is 5.10 Å². The first kappa shape index (κ1) is 18.6. The Balaban J connectivity index is 1.77. The summed E-state index contributed by atoms with van der Waals surface area (Å²) < 4.78 is 8.16. The highest BCUT2D eigenvalue weighted by molar-refractivity contribution is 5.86. The zero-order valence-electron chi connectivity index (χ0n) is 15.9. The molecule has 0 radical (unpaired) electrons. The number of hydrogen-bond acceptors (Lipinski definition) is 5. The lowest BCUT2D eigenvalue weighted by Crippen LogP contribution is -2.34. The van der Waals surface area contributed by atoms with Crippen molar-refractivity contribution in [3.63, 3.8) is 0 Å². The average Bonchev–Trinajstić information content (AvgIpc) is 3.04. The van der Waals surface area contributed by atoms with Crippen LogP contribution in [0.15, 0.2) is 41.6 Å². The molecule has 0 spiro atoms. The van der Waals surface area contributed by atoms with E-state index in [2.05, 4.69) is 15.5 Å². The van der Waals surface area contributed by atoms with Crippen molar-refractivity contribution in [3.05, 3.63) is 52.7 Å². The quantitative estimate of drug-likeness (QED) is 0.743. The molecule has 0 saturated heterocycles. The van der Waals surface area contributed by atoms with E-state index in [0.717, 1.165) is 16.0 Å². The summed E-state index contributed by atoms with van der Waals surface area (Å²) >= 11 is 0. The van der Waals surface area contributed by atoms with Crippen molar-refractivity contribution < 1.29 is 9.53 Å². The molecule has 0 unspecified atom stereocenters. The Morgan fingerprint density at radius 3 is 2.56 bits per heavy atom. The lowest BCUT2D eigenvalue weighted by molar-refractivity contribution is -0.116. The van der Waals surface area contributed by atoms with Gasteiger partial charge in [0.15, 0.2) is 5.65 Å². The predicted octanol–water partition coefficient (Wildman–Crippen LogP) is 2.06. The van der Waals surface area contributed by atoms with Gasteiger partial charge < -0.3 is 4.74 Å². The summed E-state index contributed by atoms with van der Waals surface area (Å²) in [6, 6.07) is 7.27. The molecule has 8 nitrogen and oxygen atoms in total. The number of fused-ring (bicyclic) bond motifs is 1. The third-order valence-corrected chi connectivity index (χ3v) is 3.97. The lowest BCUT2D eigenvalue weighted by atomic mass is 10.1. The SMILES string of the molecule is CCOc1ccc(CC(=O)Nn2cnc3c(cnn3C(C)(C)C)c2=O)cc1. The van der Waals surface area contributed by atoms with Crippen molar-refractivity contribution in [2.24, 2.45) is 0 Å². The van der Waals surface area contributed by atoms with E-state index in [-0.39, 0.29) is 23.4 Å². The van der Waals surface area contributed by atoms with Crippen LogP contribution in [0.1, 0.15) is 33.3 Å².